The summed E-state index contributed by atoms with van der Waals surface area (Å²) in [5.41, 5.74) is 2.24. The zero-order valence-electron chi connectivity index (χ0n) is 9.63. The summed E-state index contributed by atoms with van der Waals surface area (Å²) in [5.74, 6) is -0.188. The molecule has 0 radical (unpaired) electrons. The molecule has 0 aromatic heterocycles. The standard InChI is InChI=1S/C13H15FN2O/c14-11-8-10-9(1-2-13(10)17)7-12(11)16-5-3-15-4-6-16/h7-8,15H,1-6H2. The summed E-state index contributed by atoms with van der Waals surface area (Å²) in [6, 6.07) is 3.28. The van der Waals surface area contributed by atoms with E-state index in [1.165, 1.54) is 6.07 Å². The molecule has 2 aliphatic rings. The number of carbonyl (C=O) groups excluding carboxylic acids is 1. The molecule has 0 bridgehead atoms. The molecule has 0 atom stereocenters. The van der Waals surface area contributed by atoms with Gasteiger partial charge in [0.1, 0.15) is 5.82 Å². The number of nitrogens with zero attached hydrogens (tertiary/aromatic N) is 1. The van der Waals surface area contributed by atoms with Gasteiger partial charge in [-0.2, -0.15) is 0 Å². The van der Waals surface area contributed by atoms with E-state index in [0.29, 0.717) is 17.7 Å². The Morgan fingerprint density at radius 1 is 1.18 bits per heavy atom. The number of halogens is 1. The molecule has 3 rings (SSSR count). The number of anilines is 1. The summed E-state index contributed by atoms with van der Waals surface area (Å²) < 4.78 is 14.0. The second-order valence-electron chi connectivity index (χ2n) is 4.62. The Bertz CT molecular complexity index is 467. The van der Waals surface area contributed by atoms with Crippen LogP contribution >= 0.6 is 0 Å². The van der Waals surface area contributed by atoms with E-state index in [-0.39, 0.29) is 11.6 Å². The quantitative estimate of drug-likeness (QED) is 0.796. The number of ketones is 1. The van der Waals surface area contributed by atoms with E-state index in [1.54, 1.807) is 0 Å². The zero-order valence-corrected chi connectivity index (χ0v) is 9.63. The van der Waals surface area contributed by atoms with Crippen LogP contribution in [0.15, 0.2) is 12.1 Å². The first-order chi connectivity index (χ1) is 8.25. The minimum absolute atomic E-state index is 0.0748. The lowest BCUT2D eigenvalue weighted by molar-refractivity contribution is 0.0994. The van der Waals surface area contributed by atoms with E-state index < -0.39 is 0 Å². The highest BCUT2D eigenvalue weighted by Gasteiger charge is 2.24. The number of Topliss-reactive ketones (excluding diaryl/α,β-unsaturated/α-hetero) is 1. The summed E-state index contributed by atoms with van der Waals surface area (Å²) >= 11 is 0. The molecular weight excluding hydrogens is 219 g/mol. The Morgan fingerprint density at radius 2 is 1.94 bits per heavy atom. The summed E-state index contributed by atoms with van der Waals surface area (Å²) in [6.07, 6.45) is 1.29. The van der Waals surface area contributed by atoms with E-state index in [2.05, 4.69) is 10.2 Å². The van der Waals surface area contributed by atoms with Crippen molar-refractivity contribution in [2.75, 3.05) is 31.1 Å². The van der Waals surface area contributed by atoms with Crippen LogP contribution in [0.1, 0.15) is 22.3 Å². The van der Waals surface area contributed by atoms with Crippen molar-refractivity contribution in [1.29, 1.82) is 0 Å². The van der Waals surface area contributed by atoms with Gasteiger partial charge in [-0.05, 0) is 24.1 Å². The summed E-state index contributed by atoms with van der Waals surface area (Å²) in [6.45, 7) is 3.41. The molecule has 1 aromatic carbocycles. The first-order valence-electron chi connectivity index (χ1n) is 6.07. The third kappa shape index (κ3) is 1.82. The van der Waals surface area contributed by atoms with Crippen LogP contribution in [0.3, 0.4) is 0 Å². The number of rotatable bonds is 1. The fraction of sp³-hybridized carbons (Fsp3) is 0.462. The van der Waals surface area contributed by atoms with Crippen LogP contribution in [0.25, 0.3) is 0 Å². The molecule has 3 nitrogen and oxygen atoms in total. The number of nitrogens with one attached hydrogen (secondary N) is 1. The van der Waals surface area contributed by atoms with E-state index in [1.807, 2.05) is 6.07 Å². The molecule has 1 aromatic rings. The topological polar surface area (TPSA) is 32.3 Å². The third-order valence-electron chi connectivity index (χ3n) is 3.55. The van der Waals surface area contributed by atoms with Crippen LogP contribution in [-0.4, -0.2) is 32.0 Å². The zero-order chi connectivity index (χ0) is 11.8. The highest BCUT2D eigenvalue weighted by molar-refractivity contribution is 6.00. The molecule has 1 aliphatic heterocycles. The molecule has 1 heterocycles. The van der Waals surface area contributed by atoms with E-state index in [4.69, 9.17) is 0 Å². The Balaban J connectivity index is 1.97. The van der Waals surface area contributed by atoms with Gasteiger partial charge in [0, 0.05) is 38.2 Å². The van der Waals surface area contributed by atoms with Crippen molar-refractivity contribution in [3.8, 4) is 0 Å². The van der Waals surface area contributed by atoms with E-state index >= 15 is 0 Å². The number of carbonyl (C=O) groups is 1. The molecule has 1 N–H and O–H groups in total. The predicted octanol–water partition coefficient (Wildman–Crippen LogP) is 1.36. The smallest absolute Gasteiger partial charge is 0.163 e. The van der Waals surface area contributed by atoms with Gasteiger partial charge in [-0.1, -0.05) is 0 Å². The van der Waals surface area contributed by atoms with Gasteiger partial charge in [-0.15, -0.1) is 0 Å². The molecule has 0 unspecified atom stereocenters. The third-order valence-corrected chi connectivity index (χ3v) is 3.55. The van der Waals surface area contributed by atoms with Gasteiger partial charge in [0.15, 0.2) is 5.78 Å². The number of fused-ring (bicyclic) bond motifs is 1. The molecule has 1 fully saturated rings. The highest BCUT2D eigenvalue weighted by atomic mass is 19.1. The Labute approximate surface area is 99.6 Å². The van der Waals surface area contributed by atoms with Gasteiger partial charge in [-0.25, -0.2) is 4.39 Å². The second-order valence-corrected chi connectivity index (χ2v) is 4.62. The van der Waals surface area contributed by atoms with Crippen molar-refractivity contribution >= 4 is 11.5 Å². The molecule has 0 spiro atoms. The number of hydrogen-bond donors (Lipinski definition) is 1. The summed E-state index contributed by atoms with van der Waals surface area (Å²) in [5, 5.41) is 3.25. The van der Waals surface area contributed by atoms with Crippen molar-refractivity contribution in [1.82, 2.24) is 5.32 Å². The second kappa shape index (κ2) is 4.11. The fourth-order valence-corrected chi connectivity index (χ4v) is 2.60. The average Bonchev–Trinajstić information content (AvgIpc) is 2.71. The minimum atomic E-state index is -0.263. The van der Waals surface area contributed by atoms with Crippen LogP contribution < -0.4 is 10.2 Å². The van der Waals surface area contributed by atoms with Crippen molar-refractivity contribution in [3.05, 3.63) is 29.1 Å². The molecule has 0 saturated carbocycles. The predicted molar refractivity (Wildman–Crippen MR) is 64.1 cm³/mol. The van der Waals surface area contributed by atoms with Crippen LogP contribution in [-0.2, 0) is 6.42 Å². The first-order valence-corrected chi connectivity index (χ1v) is 6.07. The number of benzene rings is 1. The van der Waals surface area contributed by atoms with Gasteiger partial charge < -0.3 is 10.2 Å². The molecule has 1 saturated heterocycles. The normalized spacial score (nSPS) is 19.6. The number of aryl methyl sites for hydroxylation is 1. The molecule has 4 heteroatoms. The maximum absolute atomic E-state index is 14.0. The Morgan fingerprint density at radius 3 is 2.71 bits per heavy atom. The lowest BCUT2D eigenvalue weighted by atomic mass is 10.1. The van der Waals surface area contributed by atoms with Crippen molar-refractivity contribution in [2.24, 2.45) is 0 Å². The van der Waals surface area contributed by atoms with Gasteiger partial charge in [0.2, 0.25) is 0 Å². The first kappa shape index (κ1) is 10.7. The minimum Gasteiger partial charge on any atom is -0.367 e. The molecule has 17 heavy (non-hydrogen) atoms. The molecular formula is C13H15FN2O. The van der Waals surface area contributed by atoms with E-state index in [9.17, 15) is 9.18 Å². The summed E-state index contributed by atoms with van der Waals surface area (Å²) in [7, 11) is 0. The lowest BCUT2D eigenvalue weighted by Gasteiger charge is -2.30. The fourth-order valence-electron chi connectivity index (χ4n) is 2.60. The van der Waals surface area contributed by atoms with Crippen molar-refractivity contribution in [3.63, 3.8) is 0 Å². The van der Waals surface area contributed by atoms with Gasteiger partial charge in [0.05, 0.1) is 5.69 Å². The number of piperazine rings is 1. The Kier molecular flexibility index (Phi) is 2.59. The summed E-state index contributed by atoms with van der Waals surface area (Å²) in [4.78, 5) is 13.6. The van der Waals surface area contributed by atoms with Gasteiger partial charge >= 0.3 is 0 Å². The van der Waals surface area contributed by atoms with Crippen molar-refractivity contribution in [2.45, 2.75) is 12.8 Å². The van der Waals surface area contributed by atoms with Crippen LogP contribution in [0.4, 0.5) is 10.1 Å². The molecule has 90 valence electrons. The van der Waals surface area contributed by atoms with Gasteiger partial charge in [0.25, 0.3) is 0 Å². The number of hydrogen-bond acceptors (Lipinski definition) is 3. The van der Waals surface area contributed by atoms with Gasteiger partial charge in [-0.3, -0.25) is 4.79 Å². The van der Waals surface area contributed by atoms with Crippen LogP contribution in [0.2, 0.25) is 0 Å². The van der Waals surface area contributed by atoms with Crippen LogP contribution in [0, 0.1) is 5.82 Å². The van der Waals surface area contributed by atoms with Crippen LogP contribution in [0.5, 0.6) is 0 Å². The molecule has 1 aliphatic carbocycles. The Hall–Kier alpha value is -1.42. The lowest BCUT2D eigenvalue weighted by Crippen LogP contribution is -2.43. The molecule has 0 amide bonds. The SMILES string of the molecule is O=C1CCc2cc(N3CCNCC3)c(F)cc21. The maximum atomic E-state index is 14.0. The largest absolute Gasteiger partial charge is 0.367 e. The maximum Gasteiger partial charge on any atom is 0.163 e. The highest BCUT2D eigenvalue weighted by Crippen LogP contribution is 2.29. The van der Waals surface area contributed by atoms with Crippen molar-refractivity contribution < 1.29 is 9.18 Å². The average molecular weight is 234 g/mol. The van der Waals surface area contributed by atoms with E-state index in [0.717, 1.165) is 38.2 Å². The monoisotopic (exact) mass is 234 g/mol.